The molecule has 1 atom stereocenters. The smallest absolute Gasteiger partial charge is 0.253 e. The monoisotopic (exact) mass is 362 g/mol. The summed E-state index contributed by atoms with van der Waals surface area (Å²) >= 11 is 13.6. The Morgan fingerprint density at radius 2 is 1.91 bits per heavy atom. The molecule has 1 amide bonds. The van der Waals surface area contributed by atoms with Gasteiger partial charge in [-0.3, -0.25) is 9.78 Å². The second-order valence-corrected chi connectivity index (χ2v) is 6.65. The van der Waals surface area contributed by atoms with Crippen molar-refractivity contribution in [3.8, 4) is 0 Å². The zero-order chi connectivity index (χ0) is 16.2. The van der Waals surface area contributed by atoms with Gasteiger partial charge in [0.25, 0.3) is 5.91 Å². The Balaban J connectivity index is 1.92. The van der Waals surface area contributed by atoms with Gasteiger partial charge in [0.05, 0.1) is 16.6 Å². The van der Waals surface area contributed by atoms with Crippen LogP contribution >= 0.6 is 34.5 Å². The largest absolute Gasteiger partial charge is 0.340 e. The van der Waals surface area contributed by atoms with Gasteiger partial charge in [-0.05, 0) is 35.2 Å². The molecule has 116 valence electrons. The highest BCUT2D eigenvalue weighted by atomic mass is 35.5. The number of halogens is 2. The summed E-state index contributed by atoms with van der Waals surface area (Å²) in [6, 6.07) is 12.7. The fraction of sp³-hybridized carbons (Fsp3) is 0.0588. The molecule has 6 heteroatoms. The van der Waals surface area contributed by atoms with Gasteiger partial charge >= 0.3 is 0 Å². The van der Waals surface area contributed by atoms with Crippen molar-refractivity contribution in [2.75, 3.05) is 0 Å². The molecule has 0 radical (unpaired) electrons. The molecule has 0 saturated heterocycles. The maximum Gasteiger partial charge on any atom is 0.253 e. The second-order valence-electron chi connectivity index (χ2n) is 4.83. The van der Waals surface area contributed by atoms with Crippen LogP contribution in [0.5, 0.6) is 0 Å². The van der Waals surface area contributed by atoms with E-state index >= 15 is 0 Å². The predicted octanol–water partition coefficient (Wildman–Crippen LogP) is 4.97. The first kappa shape index (κ1) is 16.0. The molecule has 0 fully saturated rings. The molecule has 2 heterocycles. The predicted molar refractivity (Wildman–Crippen MR) is 94.3 cm³/mol. The number of nitrogens with one attached hydrogen (secondary N) is 1. The number of benzene rings is 1. The van der Waals surface area contributed by atoms with Gasteiger partial charge in [-0.15, -0.1) is 11.3 Å². The molecule has 3 nitrogen and oxygen atoms in total. The molecule has 23 heavy (non-hydrogen) atoms. The fourth-order valence-corrected chi connectivity index (χ4v) is 3.33. The Morgan fingerprint density at radius 3 is 2.57 bits per heavy atom. The van der Waals surface area contributed by atoms with E-state index in [9.17, 15) is 4.79 Å². The van der Waals surface area contributed by atoms with E-state index in [0.717, 1.165) is 10.4 Å². The van der Waals surface area contributed by atoms with Crippen molar-refractivity contribution in [2.24, 2.45) is 0 Å². The Labute approximate surface area is 147 Å². The lowest BCUT2D eigenvalue weighted by Gasteiger charge is -2.18. The van der Waals surface area contributed by atoms with E-state index in [1.807, 2.05) is 41.8 Å². The lowest BCUT2D eigenvalue weighted by Crippen LogP contribution is -2.29. The van der Waals surface area contributed by atoms with E-state index in [4.69, 9.17) is 23.2 Å². The van der Waals surface area contributed by atoms with E-state index in [1.54, 1.807) is 23.6 Å². The average molecular weight is 363 g/mol. The van der Waals surface area contributed by atoms with Crippen molar-refractivity contribution in [3.63, 3.8) is 0 Å². The highest BCUT2D eigenvalue weighted by Gasteiger charge is 2.20. The summed E-state index contributed by atoms with van der Waals surface area (Å²) in [5, 5.41) is 5.98. The number of pyridine rings is 1. The van der Waals surface area contributed by atoms with Crippen LogP contribution in [0.15, 0.2) is 60.2 Å². The number of rotatable bonds is 4. The molecule has 2 aromatic heterocycles. The lowest BCUT2D eigenvalue weighted by atomic mass is 10.0. The molecule has 0 bridgehead atoms. The zero-order valence-electron chi connectivity index (χ0n) is 11.9. The molecule has 0 saturated carbocycles. The normalized spacial score (nSPS) is 11.9. The highest BCUT2D eigenvalue weighted by molar-refractivity contribution is 7.10. The summed E-state index contributed by atoms with van der Waals surface area (Å²) in [6.07, 6.45) is 3.00. The van der Waals surface area contributed by atoms with E-state index in [-0.39, 0.29) is 11.9 Å². The topological polar surface area (TPSA) is 42.0 Å². The lowest BCUT2D eigenvalue weighted by molar-refractivity contribution is 0.0943. The van der Waals surface area contributed by atoms with Gasteiger partial charge in [0.2, 0.25) is 0 Å². The van der Waals surface area contributed by atoms with Gasteiger partial charge in [0.15, 0.2) is 0 Å². The molecule has 3 aromatic rings. The number of hydrogen-bond donors (Lipinski definition) is 1. The summed E-state index contributed by atoms with van der Waals surface area (Å²) in [5.74, 6) is -0.245. The number of nitrogens with zero attached hydrogens (tertiary/aromatic N) is 1. The third-order valence-electron chi connectivity index (χ3n) is 3.32. The van der Waals surface area contributed by atoms with Gasteiger partial charge in [0, 0.05) is 22.3 Å². The molecule has 0 aliphatic carbocycles. The van der Waals surface area contributed by atoms with Crippen LogP contribution in [-0.4, -0.2) is 10.9 Å². The van der Waals surface area contributed by atoms with E-state index in [2.05, 4.69) is 10.3 Å². The third kappa shape index (κ3) is 3.72. The molecular formula is C17H12Cl2N2OS. The maximum absolute atomic E-state index is 12.6. The van der Waals surface area contributed by atoms with Crippen LogP contribution in [0.25, 0.3) is 0 Å². The molecule has 0 unspecified atom stereocenters. The number of carbonyl (C=O) groups excluding carboxylic acids is 1. The number of carbonyl (C=O) groups is 1. The maximum atomic E-state index is 12.6. The summed E-state index contributed by atoms with van der Waals surface area (Å²) in [7, 11) is 0. The number of hydrogen-bond acceptors (Lipinski definition) is 3. The molecule has 1 N–H and O–H groups in total. The Kier molecular flexibility index (Phi) is 4.96. The van der Waals surface area contributed by atoms with Crippen molar-refractivity contribution in [3.05, 3.63) is 86.3 Å². The van der Waals surface area contributed by atoms with Gasteiger partial charge in [-0.2, -0.15) is 0 Å². The first-order chi connectivity index (χ1) is 11.1. The summed E-state index contributed by atoms with van der Waals surface area (Å²) < 4.78 is 0. The highest BCUT2D eigenvalue weighted by Crippen LogP contribution is 2.28. The van der Waals surface area contributed by atoms with E-state index in [1.165, 1.54) is 6.20 Å². The minimum absolute atomic E-state index is 0.245. The number of thiophene rings is 1. The van der Waals surface area contributed by atoms with Crippen LogP contribution in [-0.2, 0) is 0 Å². The van der Waals surface area contributed by atoms with Crippen molar-refractivity contribution in [2.45, 2.75) is 6.04 Å². The minimum atomic E-state index is -0.260. The Morgan fingerprint density at radius 1 is 1.13 bits per heavy atom. The van der Waals surface area contributed by atoms with E-state index < -0.39 is 0 Å². The van der Waals surface area contributed by atoms with Crippen molar-refractivity contribution in [1.29, 1.82) is 0 Å². The van der Waals surface area contributed by atoms with E-state index in [0.29, 0.717) is 15.6 Å². The molecule has 0 spiro atoms. The first-order valence-corrected chi connectivity index (χ1v) is 8.48. The van der Waals surface area contributed by atoms with Crippen molar-refractivity contribution < 1.29 is 4.79 Å². The Hall–Kier alpha value is -1.88. The van der Waals surface area contributed by atoms with Crippen LogP contribution in [0.4, 0.5) is 0 Å². The molecule has 1 aromatic carbocycles. The standard InChI is InChI=1S/C17H12Cl2N2OS/c18-12-5-3-11(4-6-12)16(15-2-1-9-23-15)21-17(22)13-7-8-20-10-14(13)19/h1-10,16H,(H,21,22)/t16-/m0/s1. The van der Waals surface area contributed by atoms with Gasteiger partial charge in [0.1, 0.15) is 0 Å². The fourth-order valence-electron chi connectivity index (χ4n) is 2.20. The van der Waals surface area contributed by atoms with Crippen LogP contribution in [0, 0.1) is 0 Å². The van der Waals surface area contributed by atoms with Gasteiger partial charge < -0.3 is 5.32 Å². The third-order valence-corrected chi connectivity index (χ3v) is 4.81. The molecular weight excluding hydrogens is 351 g/mol. The minimum Gasteiger partial charge on any atom is -0.340 e. The Bertz CT molecular complexity index is 804. The average Bonchev–Trinajstić information content (AvgIpc) is 3.08. The van der Waals surface area contributed by atoms with Gasteiger partial charge in [-0.1, -0.05) is 41.4 Å². The zero-order valence-corrected chi connectivity index (χ0v) is 14.2. The van der Waals surface area contributed by atoms with Crippen LogP contribution in [0.3, 0.4) is 0 Å². The van der Waals surface area contributed by atoms with Crippen molar-refractivity contribution >= 4 is 40.4 Å². The van der Waals surface area contributed by atoms with Crippen LogP contribution < -0.4 is 5.32 Å². The SMILES string of the molecule is O=C(N[C@@H](c1ccc(Cl)cc1)c1cccs1)c1ccncc1Cl. The summed E-state index contributed by atoms with van der Waals surface area (Å²) in [5.41, 5.74) is 1.35. The molecule has 3 rings (SSSR count). The summed E-state index contributed by atoms with van der Waals surface area (Å²) in [6.45, 7) is 0. The van der Waals surface area contributed by atoms with Crippen molar-refractivity contribution in [1.82, 2.24) is 10.3 Å². The van der Waals surface area contributed by atoms with Gasteiger partial charge in [-0.25, -0.2) is 0 Å². The number of amides is 1. The van der Waals surface area contributed by atoms with Crippen LogP contribution in [0.2, 0.25) is 10.0 Å². The molecule has 0 aliphatic heterocycles. The second kappa shape index (κ2) is 7.13. The number of aromatic nitrogens is 1. The quantitative estimate of drug-likeness (QED) is 0.711. The first-order valence-electron chi connectivity index (χ1n) is 6.84. The summed E-state index contributed by atoms with van der Waals surface area (Å²) in [4.78, 5) is 17.5. The molecule has 0 aliphatic rings. The van der Waals surface area contributed by atoms with Crippen LogP contribution in [0.1, 0.15) is 26.8 Å².